The summed E-state index contributed by atoms with van der Waals surface area (Å²) in [5.41, 5.74) is 6.18. The lowest BCUT2D eigenvalue weighted by atomic mass is 9.65. The summed E-state index contributed by atoms with van der Waals surface area (Å²) in [5, 5.41) is 10.8. The monoisotopic (exact) mass is 1420 g/mol. The number of unbranched alkanes of at least 4 members (excludes halogenated alkanes) is 1. The third-order valence-electron chi connectivity index (χ3n) is 17.8. The molecule has 9 atom stereocenters. The highest BCUT2D eigenvalue weighted by Gasteiger charge is 2.42. The number of furan rings is 1. The summed E-state index contributed by atoms with van der Waals surface area (Å²) in [6.45, 7) is 20.7. The Labute approximate surface area is 542 Å². The largest absolute Gasteiger partial charge is 0.490 e. The molecule has 11 nitrogen and oxygen atoms in total. The standard InChI is InChI=1S/C25H29I2NO3.C24H36O5.C21H26N2S2/c1-4-7-11-22-23(18-10-8-9-12-21(18)31-22)24(29)17-15-19(26)25(20(27)16-17)30-14-13-28(5-2)6-3;1-5-15(3)24(27)29-21-11-14(2)10-17-7-6-16(4)20(23(17)21)9-8-19-12-18(25)13-22(26)28-19;1-22-13-6-5-7-16(22)12-14-23-18-8-3-4-9-20(18)25-21-11-10-17(24-2)15-19(21)23/h8-10,12,15-16H,4-7,11,13-14H2,1-3H3;6-7,10,14-16,18-21,23,25H,5,8-9,11-13H2,1-4H3;3-4,8-11,15-16H,5-7,12-14H2,1-2H3/t;14-,15-,16-,18+,19+,20-,21-,23-;/m.0./s1. The van der Waals surface area contributed by atoms with Gasteiger partial charge in [-0.15, -0.1) is 11.8 Å². The van der Waals surface area contributed by atoms with Crippen molar-refractivity contribution >= 4 is 109 Å². The van der Waals surface area contributed by atoms with E-state index in [4.69, 9.17) is 18.6 Å². The van der Waals surface area contributed by atoms with Crippen LogP contribution in [0.4, 0.5) is 11.4 Å². The number of carbonyl (C=O) groups excluding carboxylic acids is 3. The second kappa shape index (κ2) is 32.6. The number of fused-ring (bicyclic) bond motifs is 4. The topological polar surface area (TPSA) is 122 Å². The molecule has 1 N–H and O–H groups in total. The van der Waals surface area contributed by atoms with Gasteiger partial charge >= 0.3 is 11.9 Å². The summed E-state index contributed by atoms with van der Waals surface area (Å²) in [5.74, 6) is 2.41. The number of likely N-dealkylation sites (N-methyl/N-ethyl adjacent to an activating group) is 1. The Kier molecular flexibility index (Phi) is 25.7. The van der Waals surface area contributed by atoms with Crippen molar-refractivity contribution in [3.05, 3.63) is 127 Å². The van der Waals surface area contributed by atoms with Gasteiger partial charge < -0.3 is 38.4 Å². The highest BCUT2D eigenvalue weighted by atomic mass is 127. The first-order valence-electron chi connectivity index (χ1n) is 31.3. The Hall–Kier alpha value is -3.85. The van der Waals surface area contributed by atoms with Crippen LogP contribution in [-0.2, 0) is 25.5 Å². The first-order valence-corrected chi connectivity index (χ1v) is 35.5. The lowest BCUT2D eigenvalue weighted by Gasteiger charge is -2.43. The number of esters is 2. The zero-order valence-electron chi connectivity index (χ0n) is 51.6. The van der Waals surface area contributed by atoms with Crippen molar-refractivity contribution in [3.63, 3.8) is 0 Å². The van der Waals surface area contributed by atoms with Crippen molar-refractivity contribution in [2.75, 3.05) is 57.5 Å². The molecule has 1 aromatic heterocycles. The third-order valence-corrected chi connectivity index (χ3v) is 21.3. The van der Waals surface area contributed by atoms with Crippen LogP contribution in [0.25, 0.3) is 11.0 Å². The minimum atomic E-state index is -0.597. The lowest BCUT2D eigenvalue weighted by molar-refractivity contribution is -0.162. The third kappa shape index (κ3) is 17.5. The van der Waals surface area contributed by atoms with E-state index in [-0.39, 0.29) is 48.2 Å². The fourth-order valence-corrected chi connectivity index (χ4v) is 16.3. The maximum absolute atomic E-state index is 13.6. The Morgan fingerprint density at radius 3 is 2.38 bits per heavy atom. The number of anilines is 2. The highest BCUT2D eigenvalue weighted by Crippen LogP contribution is 2.50. The number of aliphatic hydroxyl groups is 1. The smallest absolute Gasteiger partial charge is 0.308 e. The number of thioether (sulfide) groups is 1. The van der Waals surface area contributed by atoms with Gasteiger partial charge in [-0.3, -0.25) is 14.4 Å². The molecule has 0 bridgehead atoms. The Morgan fingerprint density at radius 2 is 1.66 bits per heavy atom. The maximum atomic E-state index is 13.6. The minimum Gasteiger partial charge on any atom is -0.490 e. The molecular formula is C70H91I2N3O8S2. The van der Waals surface area contributed by atoms with Gasteiger partial charge in [0.15, 0.2) is 5.78 Å². The molecule has 460 valence electrons. The Balaban J connectivity index is 0.000000167. The number of ether oxygens (including phenoxy) is 3. The average Bonchev–Trinajstić information content (AvgIpc) is 2.25. The number of rotatable bonds is 21. The number of allylic oxidation sites excluding steroid dienone is 3. The fourth-order valence-electron chi connectivity index (χ4n) is 12.7. The van der Waals surface area contributed by atoms with Crippen molar-refractivity contribution in [2.24, 2.45) is 29.6 Å². The predicted octanol–water partition coefficient (Wildman–Crippen LogP) is 17.0. The van der Waals surface area contributed by atoms with E-state index < -0.39 is 6.10 Å². The second-order valence-corrected chi connectivity index (χ2v) is 28.1. The molecule has 85 heavy (non-hydrogen) atoms. The number of ketones is 1. The number of halogens is 2. The minimum absolute atomic E-state index is 0.0153. The highest BCUT2D eigenvalue weighted by molar-refractivity contribution is 14.1. The second-order valence-electron chi connectivity index (χ2n) is 23.8. The van der Waals surface area contributed by atoms with Crippen molar-refractivity contribution in [3.8, 4) is 5.75 Å². The van der Waals surface area contributed by atoms with Crippen LogP contribution in [0, 0.1) is 36.7 Å². The number of likely N-dealkylation sites (tertiary alicyclic amines) is 1. The SMILES string of the molecule is CCCCc1oc2ccccc2c1C(=O)c1cc(I)c(OCCN(CC)CC)c(I)c1.CC[C@H](C)C(=O)O[C@H]1C[C@@H](C)C=C2C=C[C@H](C)[C@H](CC[C@@H]3C[C@@H](O)CC(=O)O3)[C@H]21.CSc1ccc2c(c1)N(CCC1CCCCN1C)c1ccccc1S2. The van der Waals surface area contributed by atoms with Gasteiger partial charge in [0.1, 0.15) is 35.9 Å². The molecule has 0 spiro atoms. The van der Waals surface area contributed by atoms with Crippen LogP contribution < -0.4 is 9.64 Å². The number of benzene rings is 4. The van der Waals surface area contributed by atoms with Crippen LogP contribution in [0.3, 0.4) is 0 Å². The maximum Gasteiger partial charge on any atom is 0.308 e. The van der Waals surface area contributed by atoms with E-state index in [1.165, 1.54) is 63.9 Å². The molecule has 0 saturated carbocycles. The molecule has 3 aliphatic heterocycles. The Morgan fingerprint density at radius 1 is 0.918 bits per heavy atom. The fraction of sp³-hybridized carbons (Fsp3) is 0.529. The molecule has 2 saturated heterocycles. The van der Waals surface area contributed by atoms with Crippen LogP contribution in [0.15, 0.2) is 122 Å². The summed E-state index contributed by atoms with van der Waals surface area (Å²) in [4.78, 5) is 49.4. The molecule has 1 unspecified atom stereocenters. The summed E-state index contributed by atoms with van der Waals surface area (Å²) in [6.07, 6.45) is 20.0. The quantitative estimate of drug-likeness (QED) is 0.0325. The van der Waals surface area contributed by atoms with E-state index in [0.29, 0.717) is 41.9 Å². The van der Waals surface area contributed by atoms with E-state index in [2.05, 4.69) is 168 Å². The number of hydrogen-bond acceptors (Lipinski definition) is 13. The molecule has 2 fully saturated rings. The van der Waals surface area contributed by atoms with Crippen molar-refractivity contribution in [1.29, 1.82) is 0 Å². The summed E-state index contributed by atoms with van der Waals surface area (Å²) < 4.78 is 25.6. The Bertz CT molecular complexity index is 3080. The van der Waals surface area contributed by atoms with Gasteiger partial charge in [-0.25, -0.2) is 0 Å². The number of nitrogens with zero attached hydrogens (tertiary/aromatic N) is 3. The molecule has 10 rings (SSSR count). The average molecular weight is 1420 g/mol. The van der Waals surface area contributed by atoms with Gasteiger partial charge in [0.25, 0.3) is 0 Å². The number of carbonyl (C=O) groups is 3. The van der Waals surface area contributed by atoms with Crippen LogP contribution in [0.5, 0.6) is 5.75 Å². The van der Waals surface area contributed by atoms with Gasteiger partial charge in [0.2, 0.25) is 0 Å². The molecule has 0 amide bonds. The molecule has 4 aromatic carbocycles. The number of piperidine rings is 1. The summed E-state index contributed by atoms with van der Waals surface area (Å²) in [6, 6.07) is 28.2. The van der Waals surface area contributed by atoms with Crippen LogP contribution in [0.2, 0.25) is 0 Å². The zero-order chi connectivity index (χ0) is 60.7. The van der Waals surface area contributed by atoms with Gasteiger partial charge in [-0.1, -0.05) is 122 Å². The summed E-state index contributed by atoms with van der Waals surface area (Å²) in [7, 11) is 2.30. The van der Waals surface area contributed by atoms with Crippen LogP contribution in [-0.4, -0.2) is 110 Å². The van der Waals surface area contributed by atoms with E-state index in [1.54, 1.807) is 0 Å². The van der Waals surface area contributed by atoms with E-state index in [1.807, 2.05) is 73.8 Å². The molecule has 5 aromatic rings. The van der Waals surface area contributed by atoms with Gasteiger partial charge in [0, 0.05) is 63.5 Å². The molecule has 5 aliphatic rings. The molecule has 4 heterocycles. The van der Waals surface area contributed by atoms with E-state index in [9.17, 15) is 19.5 Å². The molecule has 0 radical (unpaired) electrons. The molecule has 15 heteroatoms. The van der Waals surface area contributed by atoms with E-state index >= 15 is 0 Å². The van der Waals surface area contributed by atoms with Gasteiger partial charge in [0.05, 0.1) is 42.5 Å². The number of aryl methyl sites for hydroxylation is 1. The molecular weight excluding hydrogens is 1330 g/mol. The van der Waals surface area contributed by atoms with Crippen LogP contribution >= 0.6 is 68.7 Å². The number of aliphatic hydroxyl groups excluding tert-OH is 1. The van der Waals surface area contributed by atoms with Gasteiger partial charge in [-0.2, -0.15) is 0 Å². The van der Waals surface area contributed by atoms with Crippen LogP contribution in [0.1, 0.15) is 147 Å². The summed E-state index contributed by atoms with van der Waals surface area (Å²) >= 11 is 8.27. The number of hydrogen-bond donors (Lipinski definition) is 1. The van der Waals surface area contributed by atoms with Crippen molar-refractivity contribution in [1.82, 2.24) is 9.80 Å². The molecule has 2 aliphatic carbocycles. The van der Waals surface area contributed by atoms with Crippen molar-refractivity contribution in [2.45, 2.75) is 171 Å². The normalized spacial score (nSPS) is 23.0. The lowest BCUT2D eigenvalue weighted by Crippen LogP contribution is -2.42. The van der Waals surface area contributed by atoms with Crippen molar-refractivity contribution < 1.29 is 38.1 Å². The number of cyclic esters (lactones) is 1. The first kappa shape index (κ1) is 67.1. The zero-order valence-corrected chi connectivity index (χ0v) is 57.5. The van der Waals surface area contributed by atoms with E-state index in [0.717, 1.165) is 107 Å². The first-order chi connectivity index (χ1) is 41.0. The number of para-hydroxylation sites is 2. The van der Waals surface area contributed by atoms with Gasteiger partial charge in [-0.05, 0) is 201 Å². The predicted molar refractivity (Wildman–Crippen MR) is 365 cm³/mol.